The Morgan fingerprint density at radius 1 is 1.30 bits per heavy atom. The van der Waals surface area contributed by atoms with E-state index in [1.54, 1.807) is 31.2 Å². The summed E-state index contributed by atoms with van der Waals surface area (Å²) in [6.07, 6.45) is 3.43. The van der Waals surface area contributed by atoms with Crippen molar-refractivity contribution in [1.82, 2.24) is 5.43 Å². The van der Waals surface area contributed by atoms with Gasteiger partial charge < -0.3 is 15.2 Å². The molecule has 0 aliphatic rings. The highest BCUT2D eigenvalue weighted by Crippen LogP contribution is 2.31. The molecule has 0 saturated carbocycles. The number of carbonyl (C=O) groups excluding carboxylic acids is 2. The zero-order valence-electron chi connectivity index (χ0n) is 16.8. The number of carbonyl (C=O) groups is 2. The zero-order chi connectivity index (χ0) is 22.1. The van der Waals surface area contributed by atoms with Crippen LogP contribution in [0.4, 0.5) is 10.1 Å². The number of para-hydroxylation sites is 1. The molecule has 0 heterocycles. The Hall–Kier alpha value is -3.68. The lowest BCUT2D eigenvalue weighted by Crippen LogP contribution is -2.34. The number of anilines is 1. The Morgan fingerprint density at radius 3 is 2.70 bits per heavy atom. The minimum atomic E-state index is -1.10. The molecule has 8 heteroatoms. The number of hydrogen-bond acceptors (Lipinski definition) is 5. The van der Waals surface area contributed by atoms with Crippen molar-refractivity contribution in [1.29, 1.82) is 0 Å². The van der Waals surface area contributed by atoms with Crippen LogP contribution in [0.3, 0.4) is 0 Å². The van der Waals surface area contributed by atoms with Crippen LogP contribution in [-0.2, 0) is 16.0 Å². The van der Waals surface area contributed by atoms with Gasteiger partial charge in [-0.3, -0.25) is 9.59 Å². The van der Waals surface area contributed by atoms with E-state index >= 15 is 0 Å². The Morgan fingerprint density at radius 2 is 2.03 bits per heavy atom. The summed E-state index contributed by atoms with van der Waals surface area (Å²) in [5.74, 6) is -2.70. The summed E-state index contributed by atoms with van der Waals surface area (Å²) in [7, 11) is 0. The van der Waals surface area contributed by atoms with Crippen LogP contribution in [0.25, 0.3) is 0 Å². The molecule has 0 aliphatic heterocycles. The van der Waals surface area contributed by atoms with Gasteiger partial charge in [0.2, 0.25) is 5.91 Å². The second-order valence-corrected chi connectivity index (χ2v) is 6.38. The molecule has 2 aromatic carbocycles. The lowest BCUT2D eigenvalue weighted by Gasteiger charge is -2.12. The molecule has 2 rings (SSSR count). The number of rotatable bonds is 9. The largest absolute Gasteiger partial charge is 0.504 e. The number of allylic oxidation sites excluding steroid dienone is 1. The van der Waals surface area contributed by atoms with Crippen LogP contribution in [0.15, 0.2) is 54.2 Å². The molecular formula is C22H24FN3O4. The number of benzene rings is 2. The van der Waals surface area contributed by atoms with Gasteiger partial charge in [0, 0.05) is 5.56 Å². The fourth-order valence-electron chi connectivity index (χ4n) is 2.53. The molecule has 1 unspecified atom stereocenters. The highest BCUT2D eigenvalue weighted by atomic mass is 19.1. The van der Waals surface area contributed by atoms with E-state index in [0.717, 1.165) is 0 Å². The summed E-state index contributed by atoms with van der Waals surface area (Å²) in [5.41, 5.74) is 3.45. The van der Waals surface area contributed by atoms with Crippen molar-refractivity contribution in [2.75, 3.05) is 11.9 Å². The van der Waals surface area contributed by atoms with E-state index in [2.05, 4.69) is 22.4 Å². The number of aromatic hydroxyl groups is 1. The standard InChI is InChI=1S/C22H24FN3O4/c1-4-8-16-11-15(12-19(20(16)27)30-5-2)13-24-26-22(29)14(3)21(28)25-18-10-7-6-9-17(18)23/h4,6-7,9-14,27H,1,5,8H2,2-3H3,(H,25,28)(H,26,29)/b24-13+. The van der Waals surface area contributed by atoms with Gasteiger partial charge in [-0.1, -0.05) is 18.2 Å². The zero-order valence-corrected chi connectivity index (χ0v) is 16.8. The van der Waals surface area contributed by atoms with E-state index in [9.17, 15) is 19.1 Å². The van der Waals surface area contributed by atoms with Gasteiger partial charge in [0.25, 0.3) is 5.91 Å². The molecule has 0 fully saturated rings. The van der Waals surface area contributed by atoms with Gasteiger partial charge in [-0.05, 0) is 50.1 Å². The van der Waals surface area contributed by atoms with Gasteiger partial charge in [-0.25, -0.2) is 9.82 Å². The SMILES string of the molecule is C=CCc1cc(/C=N/NC(=O)C(C)C(=O)Nc2ccccc2F)cc(OCC)c1O. The van der Waals surface area contributed by atoms with Crippen LogP contribution >= 0.6 is 0 Å². The summed E-state index contributed by atoms with van der Waals surface area (Å²) in [4.78, 5) is 24.4. The lowest BCUT2D eigenvalue weighted by atomic mass is 10.1. The molecule has 30 heavy (non-hydrogen) atoms. The second-order valence-electron chi connectivity index (χ2n) is 6.38. The molecule has 0 aromatic heterocycles. The number of nitrogens with one attached hydrogen (secondary N) is 2. The van der Waals surface area contributed by atoms with E-state index in [4.69, 9.17) is 4.74 Å². The maximum atomic E-state index is 13.6. The third kappa shape index (κ3) is 5.91. The summed E-state index contributed by atoms with van der Waals surface area (Å²) in [6, 6.07) is 8.94. The number of phenolic OH excluding ortho intramolecular Hbond substituents is 1. The van der Waals surface area contributed by atoms with Crippen LogP contribution in [0.1, 0.15) is 25.0 Å². The molecular weight excluding hydrogens is 389 g/mol. The van der Waals surface area contributed by atoms with Crippen LogP contribution in [0, 0.1) is 11.7 Å². The summed E-state index contributed by atoms with van der Waals surface area (Å²) >= 11 is 0. The first-order valence-electron chi connectivity index (χ1n) is 9.35. The number of phenols is 1. The number of ether oxygens (including phenoxy) is 1. The first kappa shape index (κ1) is 22.6. The second kappa shape index (κ2) is 10.8. The van der Waals surface area contributed by atoms with E-state index in [1.807, 2.05) is 0 Å². The normalized spacial score (nSPS) is 11.7. The smallest absolute Gasteiger partial charge is 0.252 e. The molecule has 3 N–H and O–H groups in total. The van der Waals surface area contributed by atoms with Crippen LogP contribution in [-0.4, -0.2) is 29.7 Å². The van der Waals surface area contributed by atoms with Crippen molar-refractivity contribution in [2.24, 2.45) is 11.0 Å². The molecule has 2 amide bonds. The van der Waals surface area contributed by atoms with Gasteiger partial charge >= 0.3 is 0 Å². The summed E-state index contributed by atoms with van der Waals surface area (Å²) < 4.78 is 19.0. The van der Waals surface area contributed by atoms with Crippen LogP contribution in [0.5, 0.6) is 11.5 Å². The first-order valence-corrected chi connectivity index (χ1v) is 9.35. The van der Waals surface area contributed by atoms with Crippen molar-refractivity contribution >= 4 is 23.7 Å². The predicted molar refractivity (Wildman–Crippen MR) is 113 cm³/mol. The van der Waals surface area contributed by atoms with Gasteiger partial charge in [0.15, 0.2) is 11.5 Å². The summed E-state index contributed by atoms with van der Waals surface area (Å²) in [6.45, 7) is 7.20. The summed E-state index contributed by atoms with van der Waals surface area (Å²) in [5, 5.41) is 16.4. The molecule has 7 nitrogen and oxygen atoms in total. The monoisotopic (exact) mass is 413 g/mol. The van der Waals surface area contributed by atoms with E-state index in [1.165, 1.54) is 31.3 Å². The van der Waals surface area contributed by atoms with Crippen molar-refractivity contribution in [2.45, 2.75) is 20.3 Å². The first-order chi connectivity index (χ1) is 14.4. The minimum Gasteiger partial charge on any atom is -0.504 e. The van der Waals surface area contributed by atoms with Gasteiger partial charge in [-0.15, -0.1) is 6.58 Å². The Kier molecular flexibility index (Phi) is 8.10. The minimum absolute atomic E-state index is 0.00653. The maximum absolute atomic E-state index is 13.6. The van der Waals surface area contributed by atoms with Crippen molar-refractivity contribution in [3.63, 3.8) is 0 Å². The molecule has 2 aromatic rings. The van der Waals surface area contributed by atoms with E-state index in [-0.39, 0.29) is 11.4 Å². The predicted octanol–water partition coefficient (Wildman–Crippen LogP) is 3.38. The Labute approximate surface area is 174 Å². The van der Waals surface area contributed by atoms with Crippen molar-refractivity contribution in [3.05, 3.63) is 66.0 Å². The number of halogens is 1. The highest BCUT2D eigenvalue weighted by molar-refractivity contribution is 6.06. The molecule has 0 bridgehead atoms. The van der Waals surface area contributed by atoms with Gasteiger partial charge in [0.1, 0.15) is 11.7 Å². The van der Waals surface area contributed by atoms with Crippen molar-refractivity contribution < 1.29 is 23.8 Å². The third-order valence-corrected chi connectivity index (χ3v) is 4.15. The lowest BCUT2D eigenvalue weighted by molar-refractivity contribution is -0.131. The van der Waals surface area contributed by atoms with Crippen molar-refractivity contribution in [3.8, 4) is 11.5 Å². The number of hydrazone groups is 1. The number of hydrogen-bond donors (Lipinski definition) is 3. The quantitative estimate of drug-likeness (QED) is 0.254. The van der Waals surface area contributed by atoms with Gasteiger partial charge in [-0.2, -0.15) is 5.10 Å². The molecule has 158 valence electrons. The highest BCUT2D eigenvalue weighted by Gasteiger charge is 2.22. The molecule has 0 saturated heterocycles. The number of nitrogens with zero attached hydrogens (tertiary/aromatic N) is 1. The van der Waals surface area contributed by atoms with Crippen LogP contribution in [0.2, 0.25) is 0 Å². The average molecular weight is 413 g/mol. The van der Waals surface area contributed by atoms with E-state index < -0.39 is 23.5 Å². The topological polar surface area (TPSA) is 100 Å². The average Bonchev–Trinajstić information content (AvgIpc) is 2.72. The van der Waals surface area contributed by atoms with Crippen LogP contribution < -0.4 is 15.5 Å². The fourth-order valence-corrected chi connectivity index (χ4v) is 2.53. The molecule has 0 aliphatic carbocycles. The maximum Gasteiger partial charge on any atom is 0.252 e. The fraction of sp³-hybridized carbons (Fsp3) is 0.227. The third-order valence-electron chi connectivity index (χ3n) is 4.15. The molecule has 1 atom stereocenters. The number of amides is 2. The molecule has 0 radical (unpaired) electrons. The Balaban J connectivity index is 2.04. The Bertz CT molecular complexity index is 959. The van der Waals surface area contributed by atoms with Gasteiger partial charge in [0.05, 0.1) is 18.5 Å². The molecule has 0 spiro atoms. The van der Waals surface area contributed by atoms with E-state index in [0.29, 0.717) is 29.9 Å².